The number of benzene rings is 1. The highest BCUT2D eigenvalue weighted by Gasteiger charge is 2.15. The van der Waals surface area contributed by atoms with Crippen LogP contribution in [0.1, 0.15) is 29.1 Å². The number of rotatable bonds is 2. The zero-order valence-electron chi connectivity index (χ0n) is 9.70. The average molecular weight is 233 g/mol. The summed E-state index contributed by atoms with van der Waals surface area (Å²) in [5, 5.41) is 4.11. The number of carbonyl (C=O) groups excluding carboxylic acids is 1. The molecule has 1 heterocycles. The van der Waals surface area contributed by atoms with Gasteiger partial charge in [-0.25, -0.2) is 0 Å². The van der Waals surface area contributed by atoms with E-state index in [0.29, 0.717) is 0 Å². The largest absolute Gasteiger partial charge is 0.349 e. The van der Waals surface area contributed by atoms with Crippen molar-refractivity contribution in [1.29, 1.82) is 0 Å². The number of hydrogen-bond acceptors (Lipinski definition) is 2. The maximum Gasteiger partial charge on any atom is 0.261 e. The number of nitrogens with one attached hydrogen (secondary N) is 1. The minimum atomic E-state index is 0.0358. The summed E-state index contributed by atoms with van der Waals surface area (Å²) in [7, 11) is 0. The van der Waals surface area contributed by atoms with E-state index in [2.05, 4.69) is 17.4 Å². The lowest BCUT2D eigenvalue weighted by Crippen LogP contribution is -2.29. The van der Waals surface area contributed by atoms with E-state index in [0.717, 1.165) is 10.4 Å². The van der Waals surface area contributed by atoms with Crippen molar-refractivity contribution in [3.05, 3.63) is 34.7 Å². The van der Waals surface area contributed by atoms with Crippen molar-refractivity contribution >= 4 is 27.3 Å². The zero-order valence-corrected chi connectivity index (χ0v) is 10.5. The molecule has 0 aliphatic carbocycles. The van der Waals surface area contributed by atoms with Crippen LogP contribution in [0.4, 0.5) is 0 Å². The van der Waals surface area contributed by atoms with Crippen LogP contribution in [0.15, 0.2) is 24.3 Å². The van der Waals surface area contributed by atoms with Gasteiger partial charge in [-0.2, -0.15) is 0 Å². The SMILES string of the molecule is Cc1c(C(=O)NC(C)C)sc2ccccc12. The Hall–Kier alpha value is -1.35. The molecule has 0 unspecified atom stereocenters. The highest BCUT2D eigenvalue weighted by Crippen LogP contribution is 2.30. The summed E-state index contributed by atoms with van der Waals surface area (Å²) in [6.07, 6.45) is 0. The lowest BCUT2D eigenvalue weighted by molar-refractivity contribution is 0.0947. The maximum absolute atomic E-state index is 11.9. The van der Waals surface area contributed by atoms with E-state index in [1.807, 2.05) is 32.9 Å². The number of aryl methyl sites for hydroxylation is 1. The fourth-order valence-electron chi connectivity index (χ4n) is 1.72. The van der Waals surface area contributed by atoms with Gasteiger partial charge in [0.2, 0.25) is 0 Å². The standard InChI is InChI=1S/C13H15NOS/c1-8(2)14-13(15)12-9(3)10-6-4-5-7-11(10)16-12/h4-8H,1-3H3,(H,14,15). The Kier molecular flexibility index (Phi) is 2.97. The molecule has 0 aliphatic heterocycles. The second kappa shape index (κ2) is 4.26. The lowest BCUT2D eigenvalue weighted by Gasteiger charge is -2.06. The average Bonchev–Trinajstić information content (AvgIpc) is 2.56. The van der Waals surface area contributed by atoms with Crippen molar-refractivity contribution in [2.45, 2.75) is 26.8 Å². The van der Waals surface area contributed by atoms with Crippen LogP contribution in [-0.4, -0.2) is 11.9 Å². The third-order valence-corrected chi connectivity index (χ3v) is 3.74. The van der Waals surface area contributed by atoms with E-state index >= 15 is 0 Å². The molecule has 1 amide bonds. The molecule has 1 aromatic heterocycles. The lowest BCUT2D eigenvalue weighted by atomic mass is 10.1. The fraction of sp³-hybridized carbons (Fsp3) is 0.308. The van der Waals surface area contributed by atoms with E-state index in [1.165, 1.54) is 10.1 Å². The maximum atomic E-state index is 11.9. The Morgan fingerprint density at radius 3 is 2.62 bits per heavy atom. The minimum absolute atomic E-state index is 0.0358. The number of carbonyl (C=O) groups is 1. The van der Waals surface area contributed by atoms with Crippen LogP contribution in [0.3, 0.4) is 0 Å². The molecule has 0 saturated carbocycles. The molecule has 0 radical (unpaired) electrons. The molecule has 0 spiro atoms. The first-order chi connectivity index (χ1) is 7.59. The molecule has 16 heavy (non-hydrogen) atoms. The van der Waals surface area contributed by atoms with Crippen molar-refractivity contribution in [2.24, 2.45) is 0 Å². The van der Waals surface area contributed by atoms with Gasteiger partial charge in [0.25, 0.3) is 5.91 Å². The number of thiophene rings is 1. The summed E-state index contributed by atoms with van der Waals surface area (Å²) in [5.41, 5.74) is 1.08. The molecule has 84 valence electrons. The molecule has 2 rings (SSSR count). The van der Waals surface area contributed by atoms with Gasteiger partial charge in [0.1, 0.15) is 0 Å². The molecule has 1 aromatic carbocycles. The molecule has 2 aromatic rings. The van der Waals surface area contributed by atoms with Crippen LogP contribution < -0.4 is 5.32 Å². The van der Waals surface area contributed by atoms with Gasteiger partial charge in [-0.3, -0.25) is 4.79 Å². The first-order valence-corrected chi connectivity index (χ1v) is 6.20. The molecule has 0 fully saturated rings. The molecule has 3 heteroatoms. The van der Waals surface area contributed by atoms with Crippen molar-refractivity contribution in [2.75, 3.05) is 0 Å². The predicted molar refractivity (Wildman–Crippen MR) is 69.2 cm³/mol. The van der Waals surface area contributed by atoms with Crippen molar-refractivity contribution < 1.29 is 4.79 Å². The molecule has 1 N–H and O–H groups in total. The quantitative estimate of drug-likeness (QED) is 0.846. The predicted octanol–water partition coefficient (Wildman–Crippen LogP) is 3.35. The van der Waals surface area contributed by atoms with E-state index in [-0.39, 0.29) is 11.9 Å². The molecule has 0 atom stereocenters. The summed E-state index contributed by atoms with van der Waals surface area (Å²) >= 11 is 1.56. The fourth-order valence-corrected chi connectivity index (χ4v) is 2.83. The monoisotopic (exact) mass is 233 g/mol. The van der Waals surface area contributed by atoms with Crippen LogP contribution in [0.2, 0.25) is 0 Å². The summed E-state index contributed by atoms with van der Waals surface area (Å²) in [6, 6.07) is 8.30. The normalized spacial score (nSPS) is 11.0. The van der Waals surface area contributed by atoms with Crippen LogP contribution in [0.5, 0.6) is 0 Å². The number of amides is 1. The Labute approximate surface area is 99.3 Å². The number of hydrogen-bond donors (Lipinski definition) is 1. The molecule has 0 aliphatic rings. The van der Waals surface area contributed by atoms with Gasteiger partial charge in [-0.05, 0) is 37.8 Å². The van der Waals surface area contributed by atoms with Crippen LogP contribution in [0.25, 0.3) is 10.1 Å². The third kappa shape index (κ3) is 1.95. The Morgan fingerprint density at radius 2 is 2.00 bits per heavy atom. The Balaban J connectivity index is 2.45. The molecule has 0 saturated heterocycles. The minimum Gasteiger partial charge on any atom is -0.349 e. The zero-order chi connectivity index (χ0) is 11.7. The van der Waals surface area contributed by atoms with E-state index in [9.17, 15) is 4.79 Å². The highest BCUT2D eigenvalue weighted by molar-refractivity contribution is 7.21. The molecule has 2 nitrogen and oxygen atoms in total. The second-order valence-corrected chi connectivity index (χ2v) is 5.23. The summed E-state index contributed by atoms with van der Waals surface area (Å²) in [4.78, 5) is 12.8. The van der Waals surface area contributed by atoms with E-state index in [4.69, 9.17) is 0 Å². The van der Waals surface area contributed by atoms with Crippen LogP contribution >= 0.6 is 11.3 Å². The van der Waals surface area contributed by atoms with Gasteiger partial charge in [-0.1, -0.05) is 18.2 Å². The van der Waals surface area contributed by atoms with Crippen molar-refractivity contribution in [3.8, 4) is 0 Å². The third-order valence-electron chi connectivity index (χ3n) is 2.47. The highest BCUT2D eigenvalue weighted by atomic mass is 32.1. The second-order valence-electron chi connectivity index (χ2n) is 4.18. The number of fused-ring (bicyclic) bond motifs is 1. The van der Waals surface area contributed by atoms with Crippen LogP contribution in [-0.2, 0) is 0 Å². The Morgan fingerprint density at radius 1 is 1.31 bits per heavy atom. The van der Waals surface area contributed by atoms with Gasteiger partial charge in [0, 0.05) is 10.7 Å². The first kappa shape index (κ1) is 11.1. The van der Waals surface area contributed by atoms with Gasteiger partial charge < -0.3 is 5.32 Å². The molecular formula is C13H15NOS. The van der Waals surface area contributed by atoms with Gasteiger partial charge in [0.15, 0.2) is 0 Å². The van der Waals surface area contributed by atoms with Crippen molar-refractivity contribution in [1.82, 2.24) is 5.32 Å². The van der Waals surface area contributed by atoms with Crippen molar-refractivity contribution in [3.63, 3.8) is 0 Å². The van der Waals surface area contributed by atoms with Gasteiger partial charge in [-0.15, -0.1) is 11.3 Å². The van der Waals surface area contributed by atoms with Gasteiger partial charge >= 0.3 is 0 Å². The topological polar surface area (TPSA) is 29.1 Å². The van der Waals surface area contributed by atoms with Crippen LogP contribution in [0, 0.1) is 6.92 Å². The summed E-state index contributed by atoms with van der Waals surface area (Å²) in [6.45, 7) is 5.95. The molecule has 0 bridgehead atoms. The first-order valence-electron chi connectivity index (χ1n) is 5.38. The smallest absolute Gasteiger partial charge is 0.261 e. The molecular weight excluding hydrogens is 218 g/mol. The van der Waals surface area contributed by atoms with E-state index < -0.39 is 0 Å². The Bertz CT molecular complexity index is 528. The summed E-state index contributed by atoms with van der Waals surface area (Å²) in [5.74, 6) is 0.0358. The van der Waals surface area contributed by atoms with Gasteiger partial charge in [0.05, 0.1) is 4.88 Å². The summed E-state index contributed by atoms with van der Waals surface area (Å²) < 4.78 is 1.17. The van der Waals surface area contributed by atoms with E-state index in [1.54, 1.807) is 11.3 Å².